The topological polar surface area (TPSA) is 94.7 Å². The number of nitrogens with zero attached hydrogens (tertiary/aromatic N) is 5. The average Bonchev–Trinajstić information content (AvgIpc) is 3.23. The molecule has 0 aliphatic heterocycles. The van der Waals surface area contributed by atoms with Crippen LogP contribution in [0.4, 0.5) is 0 Å². The Morgan fingerprint density at radius 3 is 2.64 bits per heavy atom. The van der Waals surface area contributed by atoms with Crippen molar-refractivity contribution in [3.8, 4) is 10.6 Å². The van der Waals surface area contributed by atoms with Crippen LogP contribution >= 0.6 is 11.3 Å². The van der Waals surface area contributed by atoms with E-state index in [9.17, 15) is 9.59 Å². The molecule has 0 saturated carbocycles. The van der Waals surface area contributed by atoms with E-state index in [1.807, 2.05) is 37.8 Å². The van der Waals surface area contributed by atoms with E-state index >= 15 is 0 Å². The number of amides is 1. The fraction of sp³-hybridized carbons (Fsp3) is 0.421. The van der Waals surface area contributed by atoms with Crippen molar-refractivity contribution >= 4 is 17.2 Å². The van der Waals surface area contributed by atoms with Crippen LogP contribution in [-0.4, -0.2) is 37.0 Å². The molecule has 0 bridgehead atoms. The Morgan fingerprint density at radius 2 is 1.96 bits per heavy atom. The molecule has 0 atom stereocenters. The van der Waals surface area contributed by atoms with E-state index in [1.54, 1.807) is 14.0 Å². The zero-order chi connectivity index (χ0) is 20.4. The molecule has 148 valence electrons. The SMILES string of the molecule is Cc1cnn(CCCNC(=O)c2sc(-c3c(C)c(C)nn(C)c3=O)nc2C)c1. The van der Waals surface area contributed by atoms with Crippen molar-refractivity contribution in [2.45, 2.75) is 40.7 Å². The number of aromatic nitrogens is 5. The summed E-state index contributed by atoms with van der Waals surface area (Å²) in [6, 6.07) is 0. The Morgan fingerprint density at radius 1 is 1.21 bits per heavy atom. The molecule has 0 spiro atoms. The van der Waals surface area contributed by atoms with Crippen molar-refractivity contribution in [2.24, 2.45) is 7.05 Å². The van der Waals surface area contributed by atoms with Gasteiger partial charge in [-0.3, -0.25) is 14.3 Å². The molecule has 0 radical (unpaired) electrons. The van der Waals surface area contributed by atoms with E-state index in [4.69, 9.17) is 0 Å². The number of thiazole rings is 1. The van der Waals surface area contributed by atoms with Crippen molar-refractivity contribution in [1.29, 1.82) is 0 Å². The van der Waals surface area contributed by atoms with Gasteiger partial charge in [-0.25, -0.2) is 9.67 Å². The van der Waals surface area contributed by atoms with Crippen LogP contribution in [0.1, 0.15) is 38.6 Å². The average molecular weight is 401 g/mol. The van der Waals surface area contributed by atoms with Gasteiger partial charge in [0.15, 0.2) is 0 Å². The van der Waals surface area contributed by atoms with Gasteiger partial charge in [-0.1, -0.05) is 0 Å². The second-order valence-electron chi connectivity index (χ2n) is 6.84. The first-order valence-corrected chi connectivity index (χ1v) is 9.89. The third kappa shape index (κ3) is 4.04. The third-order valence-electron chi connectivity index (χ3n) is 4.55. The van der Waals surface area contributed by atoms with Crippen LogP contribution < -0.4 is 10.9 Å². The molecule has 9 heteroatoms. The van der Waals surface area contributed by atoms with Crippen LogP contribution in [0.15, 0.2) is 17.2 Å². The van der Waals surface area contributed by atoms with Gasteiger partial charge in [0.1, 0.15) is 9.88 Å². The molecule has 0 saturated heterocycles. The van der Waals surface area contributed by atoms with Gasteiger partial charge in [-0.2, -0.15) is 10.2 Å². The molecular weight excluding hydrogens is 376 g/mol. The normalized spacial score (nSPS) is 11.0. The molecule has 3 aromatic heterocycles. The molecule has 0 unspecified atom stereocenters. The monoisotopic (exact) mass is 400 g/mol. The van der Waals surface area contributed by atoms with Gasteiger partial charge in [-0.15, -0.1) is 11.3 Å². The summed E-state index contributed by atoms with van der Waals surface area (Å²) in [6.07, 6.45) is 4.57. The van der Waals surface area contributed by atoms with E-state index in [-0.39, 0.29) is 11.5 Å². The predicted octanol–water partition coefficient (Wildman–Crippen LogP) is 2.15. The Bertz CT molecular complexity index is 1080. The molecule has 0 aromatic carbocycles. The summed E-state index contributed by atoms with van der Waals surface area (Å²) >= 11 is 1.24. The summed E-state index contributed by atoms with van der Waals surface area (Å²) in [5.74, 6) is -0.168. The lowest BCUT2D eigenvalue weighted by atomic mass is 10.1. The fourth-order valence-electron chi connectivity index (χ4n) is 2.93. The first-order valence-electron chi connectivity index (χ1n) is 9.07. The fourth-order valence-corrected chi connectivity index (χ4v) is 4.00. The lowest BCUT2D eigenvalue weighted by Crippen LogP contribution is -2.25. The molecule has 0 fully saturated rings. The van der Waals surface area contributed by atoms with E-state index in [0.717, 1.165) is 29.8 Å². The largest absolute Gasteiger partial charge is 0.351 e. The highest BCUT2D eigenvalue weighted by Crippen LogP contribution is 2.28. The molecule has 28 heavy (non-hydrogen) atoms. The van der Waals surface area contributed by atoms with E-state index in [0.29, 0.717) is 27.7 Å². The van der Waals surface area contributed by atoms with Crippen LogP contribution in [-0.2, 0) is 13.6 Å². The third-order valence-corrected chi connectivity index (χ3v) is 5.73. The zero-order valence-electron chi connectivity index (χ0n) is 16.7. The lowest BCUT2D eigenvalue weighted by Gasteiger charge is -2.07. The number of carbonyl (C=O) groups excluding carboxylic acids is 1. The van der Waals surface area contributed by atoms with Crippen molar-refractivity contribution in [1.82, 2.24) is 29.9 Å². The zero-order valence-corrected chi connectivity index (χ0v) is 17.6. The Kier molecular flexibility index (Phi) is 5.73. The summed E-state index contributed by atoms with van der Waals surface area (Å²) in [4.78, 5) is 30.1. The van der Waals surface area contributed by atoms with E-state index in [1.165, 1.54) is 16.0 Å². The number of rotatable bonds is 6. The standard InChI is InChI=1S/C19H24N6O2S/c1-11-9-21-25(10-11)8-6-7-20-17(26)16-14(4)22-18(28-16)15-12(2)13(3)23-24(5)19(15)27/h9-10H,6-8H2,1-5H3,(H,20,26). The maximum absolute atomic E-state index is 12.6. The Balaban J connectivity index is 1.72. The second-order valence-corrected chi connectivity index (χ2v) is 7.84. The van der Waals surface area contributed by atoms with Crippen LogP contribution in [0, 0.1) is 27.7 Å². The summed E-state index contributed by atoms with van der Waals surface area (Å²) in [7, 11) is 1.62. The minimum absolute atomic E-state index is 0.168. The smallest absolute Gasteiger partial charge is 0.277 e. The van der Waals surface area contributed by atoms with Gasteiger partial charge in [0.25, 0.3) is 11.5 Å². The molecule has 8 nitrogen and oxygen atoms in total. The number of aryl methyl sites for hydroxylation is 5. The highest BCUT2D eigenvalue weighted by molar-refractivity contribution is 7.17. The molecule has 3 heterocycles. The van der Waals surface area contributed by atoms with Crippen molar-refractivity contribution in [2.75, 3.05) is 6.54 Å². The van der Waals surface area contributed by atoms with Crippen LogP contribution in [0.3, 0.4) is 0 Å². The number of nitrogens with one attached hydrogen (secondary N) is 1. The van der Waals surface area contributed by atoms with Gasteiger partial charge in [0.05, 0.1) is 23.1 Å². The minimum atomic E-state index is -0.210. The van der Waals surface area contributed by atoms with E-state index in [2.05, 4.69) is 20.5 Å². The summed E-state index contributed by atoms with van der Waals surface area (Å²) in [5.41, 5.74) is 3.60. The molecule has 3 aromatic rings. The molecule has 1 amide bonds. The molecule has 0 aliphatic rings. The second kappa shape index (κ2) is 8.05. The molecule has 1 N–H and O–H groups in total. The minimum Gasteiger partial charge on any atom is -0.351 e. The number of hydrogen-bond acceptors (Lipinski definition) is 6. The van der Waals surface area contributed by atoms with Gasteiger partial charge in [0.2, 0.25) is 0 Å². The predicted molar refractivity (Wildman–Crippen MR) is 109 cm³/mol. The highest BCUT2D eigenvalue weighted by atomic mass is 32.1. The summed E-state index contributed by atoms with van der Waals surface area (Å²) in [6.45, 7) is 8.77. The number of carbonyl (C=O) groups is 1. The van der Waals surface area contributed by atoms with Crippen LogP contribution in [0.25, 0.3) is 10.6 Å². The quantitative estimate of drug-likeness (QED) is 0.640. The van der Waals surface area contributed by atoms with Gasteiger partial charge < -0.3 is 5.32 Å². The maximum Gasteiger partial charge on any atom is 0.277 e. The molecular formula is C19H24N6O2S. The molecule has 0 aliphatic carbocycles. The number of hydrogen-bond donors (Lipinski definition) is 1. The van der Waals surface area contributed by atoms with Crippen molar-refractivity contribution in [3.63, 3.8) is 0 Å². The van der Waals surface area contributed by atoms with Crippen molar-refractivity contribution in [3.05, 3.63) is 50.1 Å². The van der Waals surface area contributed by atoms with Gasteiger partial charge in [0, 0.05) is 26.3 Å². The van der Waals surface area contributed by atoms with Crippen LogP contribution in [0.2, 0.25) is 0 Å². The van der Waals surface area contributed by atoms with Crippen LogP contribution in [0.5, 0.6) is 0 Å². The Hall–Kier alpha value is -2.81. The van der Waals surface area contributed by atoms with Gasteiger partial charge >= 0.3 is 0 Å². The first-order chi connectivity index (χ1) is 13.3. The van der Waals surface area contributed by atoms with E-state index < -0.39 is 0 Å². The van der Waals surface area contributed by atoms with Crippen molar-refractivity contribution < 1.29 is 4.79 Å². The summed E-state index contributed by atoms with van der Waals surface area (Å²) in [5, 5.41) is 11.9. The lowest BCUT2D eigenvalue weighted by molar-refractivity contribution is 0.0956. The highest BCUT2D eigenvalue weighted by Gasteiger charge is 2.20. The molecule has 3 rings (SSSR count). The summed E-state index contributed by atoms with van der Waals surface area (Å²) < 4.78 is 3.17. The first kappa shape index (κ1) is 19.9. The van der Waals surface area contributed by atoms with Gasteiger partial charge in [-0.05, 0) is 45.2 Å². The Labute approximate surface area is 167 Å². The maximum atomic E-state index is 12.6.